The van der Waals surface area contributed by atoms with Crippen molar-refractivity contribution in [1.82, 2.24) is 0 Å². The maximum atomic E-state index is 12.3. The molecule has 0 saturated carbocycles. The summed E-state index contributed by atoms with van der Waals surface area (Å²) in [6, 6.07) is 0. The molecule has 1 saturated heterocycles. The van der Waals surface area contributed by atoms with Crippen molar-refractivity contribution in [3.05, 3.63) is 0 Å². The summed E-state index contributed by atoms with van der Waals surface area (Å²) < 4.78 is 67.2. The zero-order valence-corrected chi connectivity index (χ0v) is 8.75. The van der Waals surface area contributed by atoms with E-state index in [1.54, 1.807) is 0 Å². The second-order valence-electron chi connectivity index (χ2n) is 2.94. The van der Waals surface area contributed by atoms with E-state index in [0.717, 1.165) is 7.11 Å². The third-order valence-corrected chi connectivity index (χ3v) is 2.99. The van der Waals surface area contributed by atoms with Crippen molar-refractivity contribution in [3.8, 4) is 0 Å². The van der Waals surface area contributed by atoms with Crippen LogP contribution in [0.5, 0.6) is 0 Å². The molecule has 2 unspecified atom stereocenters. The van der Waals surface area contributed by atoms with Crippen LogP contribution in [0.25, 0.3) is 0 Å². The fourth-order valence-corrected chi connectivity index (χ4v) is 2.42. The summed E-state index contributed by atoms with van der Waals surface area (Å²) in [4.78, 5) is 10.6. The predicted molar refractivity (Wildman–Crippen MR) is 45.9 cm³/mol. The average Bonchev–Trinajstić information content (AvgIpc) is 2.40. The van der Waals surface area contributed by atoms with Crippen LogP contribution < -0.4 is 0 Å². The van der Waals surface area contributed by atoms with Crippen LogP contribution in [0.2, 0.25) is 0 Å². The van der Waals surface area contributed by atoms with Crippen LogP contribution >= 0.6 is 10.9 Å². The average molecular weight is 266 g/mol. The number of hydrogen-bond acceptors (Lipinski definition) is 6. The van der Waals surface area contributed by atoms with Gasteiger partial charge in [-0.2, -0.15) is 13.2 Å². The van der Waals surface area contributed by atoms with Gasteiger partial charge in [-0.3, -0.25) is 4.18 Å². The van der Waals surface area contributed by atoms with Gasteiger partial charge < -0.3 is 18.6 Å². The molecule has 0 aromatic heterocycles. The van der Waals surface area contributed by atoms with Gasteiger partial charge >= 0.3 is 12.3 Å². The second-order valence-corrected chi connectivity index (χ2v) is 4.68. The molecule has 0 spiro atoms. The Morgan fingerprint density at radius 2 is 2.06 bits per heavy atom. The van der Waals surface area contributed by atoms with Crippen LogP contribution in [0.15, 0.2) is 0 Å². The molecule has 2 atom stereocenters. The molecule has 16 heavy (non-hydrogen) atoms. The van der Waals surface area contributed by atoms with E-state index in [-0.39, 0.29) is 0 Å². The van der Waals surface area contributed by atoms with Crippen LogP contribution in [0.3, 0.4) is 0 Å². The molecule has 1 aliphatic heterocycles. The van der Waals surface area contributed by atoms with E-state index in [0.29, 0.717) is 0 Å². The highest BCUT2D eigenvalue weighted by Gasteiger charge is 2.57. The summed E-state index contributed by atoms with van der Waals surface area (Å²) in [7, 11) is -2.92. The van der Waals surface area contributed by atoms with Crippen LogP contribution in [-0.2, 0) is 13.7 Å². The van der Waals surface area contributed by atoms with E-state index in [9.17, 15) is 18.0 Å². The van der Waals surface area contributed by atoms with Gasteiger partial charge in [0.05, 0.1) is 23.7 Å². The highest BCUT2D eigenvalue weighted by atomic mass is 32.3. The zero-order chi connectivity index (χ0) is 12.6. The van der Waals surface area contributed by atoms with Gasteiger partial charge in [0.25, 0.3) is 0 Å². The monoisotopic (exact) mass is 266 g/mol. The quantitative estimate of drug-likeness (QED) is 0.703. The van der Waals surface area contributed by atoms with E-state index >= 15 is 0 Å². The lowest BCUT2D eigenvalue weighted by molar-refractivity contribution is -0.212. The van der Waals surface area contributed by atoms with Gasteiger partial charge in [-0.05, 0) is 0 Å². The van der Waals surface area contributed by atoms with Crippen molar-refractivity contribution < 1.29 is 40.7 Å². The number of halogens is 3. The lowest BCUT2D eigenvalue weighted by atomic mass is 10.2. The molecule has 10 heteroatoms. The molecule has 0 bridgehead atoms. The van der Waals surface area contributed by atoms with E-state index < -0.39 is 41.2 Å². The molecule has 6 nitrogen and oxygen atoms in total. The van der Waals surface area contributed by atoms with E-state index in [2.05, 4.69) is 13.7 Å². The lowest BCUT2D eigenvalue weighted by Crippen LogP contribution is -2.40. The Balaban J connectivity index is 2.77. The topological polar surface area (TPSA) is 85.2 Å². The Bertz CT molecular complexity index is 280. The largest absolute Gasteiger partial charge is 0.508 e. The van der Waals surface area contributed by atoms with Gasteiger partial charge in [0.15, 0.2) is 6.10 Å². The minimum absolute atomic E-state index is 0.827. The first-order valence-corrected chi connectivity index (χ1v) is 5.55. The van der Waals surface area contributed by atoms with Crippen molar-refractivity contribution in [2.24, 2.45) is 0 Å². The molecule has 96 valence electrons. The number of ether oxygens (including phenoxy) is 2. The summed E-state index contributed by atoms with van der Waals surface area (Å²) in [6.45, 7) is 0. The molecule has 1 fully saturated rings. The number of methoxy groups -OCH3 is 1. The summed E-state index contributed by atoms with van der Waals surface area (Å²) in [5.41, 5.74) is 0. The molecular weight excluding hydrogens is 257 g/mol. The number of rotatable bonds is 1. The Kier molecular flexibility index (Phi) is 3.57. The Labute approximate surface area is 89.8 Å². The molecule has 1 rings (SSSR count). The van der Waals surface area contributed by atoms with Crippen molar-refractivity contribution >= 4 is 17.0 Å². The summed E-state index contributed by atoms with van der Waals surface area (Å²) >= 11 is 0. The van der Waals surface area contributed by atoms with E-state index in [4.69, 9.17) is 9.11 Å². The second kappa shape index (κ2) is 4.28. The third kappa shape index (κ3) is 3.14. The Morgan fingerprint density at radius 1 is 1.50 bits per heavy atom. The maximum absolute atomic E-state index is 12.3. The van der Waals surface area contributed by atoms with Crippen molar-refractivity contribution in [1.29, 1.82) is 0 Å². The molecule has 0 radical (unpaired) electrons. The molecule has 1 aliphatic rings. The normalized spacial score (nSPS) is 30.9. The van der Waals surface area contributed by atoms with Crippen LogP contribution in [-0.4, -0.2) is 46.5 Å². The first-order chi connectivity index (χ1) is 7.15. The smallest absolute Gasteiger partial charge is 0.438 e. The third-order valence-electron chi connectivity index (χ3n) is 1.71. The molecule has 0 aromatic carbocycles. The zero-order valence-electron chi connectivity index (χ0n) is 7.93. The van der Waals surface area contributed by atoms with Gasteiger partial charge in [0, 0.05) is 0 Å². The Morgan fingerprint density at radius 3 is 2.50 bits per heavy atom. The maximum Gasteiger partial charge on any atom is 0.508 e. The van der Waals surface area contributed by atoms with E-state index in [1.807, 2.05) is 0 Å². The molecule has 0 aromatic rings. The molecule has 0 aliphatic carbocycles. The highest BCUT2D eigenvalue weighted by molar-refractivity contribution is 8.20. The number of alkyl halides is 3. The minimum Gasteiger partial charge on any atom is -0.438 e. The number of carbonyl (C=O) groups is 1. The number of carbonyl (C=O) groups excluding carboxylic acids is 1. The molecule has 1 heterocycles. The van der Waals surface area contributed by atoms with Gasteiger partial charge in [-0.15, -0.1) is 0 Å². The van der Waals surface area contributed by atoms with Crippen LogP contribution in [0, 0.1) is 0 Å². The molecule has 2 N–H and O–H groups in total. The van der Waals surface area contributed by atoms with Gasteiger partial charge in [0.2, 0.25) is 6.10 Å². The van der Waals surface area contributed by atoms with Crippen molar-refractivity contribution in [2.75, 3.05) is 12.9 Å². The SMILES string of the molecule is COC(=O)OC1CS(O)(O)OC1C(F)(F)F. The van der Waals surface area contributed by atoms with E-state index in [1.165, 1.54) is 0 Å². The molecular formula is C6H9F3O6S. The number of hydrogen-bond donors (Lipinski definition) is 2. The lowest BCUT2D eigenvalue weighted by Gasteiger charge is -2.21. The molecule has 0 amide bonds. The van der Waals surface area contributed by atoms with Crippen LogP contribution in [0.1, 0.15) is 0 Å². The fourth-order valence-electron chi connectivity index (χ4n) is 1.10. The van der Waals surface area contributed by atoms with Gasteiger partial charge in [-0.25, -0.2) is 4.79 Å². The van der Waals surface area contributed by atoms with Gasteiger partial charge in [-0.1, -0.05) is 0 Å². The summed E-state index contributed by atoms with van der Waals surface area (Å²) in [5.74, 6) is -0.827. The highest BCUT2D eigenvalue weighted by Crippen LogP contribution is 2.52. The summed E-state index contributed by atoms with van der Waals surface area (Å²) in [6.07, 6.45) is -10.6. The Hall–Kier alpha value is -0.710. The fraction of sp³-hybridized carbons (Fsp3) is 0.833. The predicted octanol–water partition coefficient (Wildman–Crippen LogP) is 1.76. The summed E-state index contributed by atoms with van der Waals surface area (Å²) in [5, 5.41) is 0. The van der Waals surface area contributed by atoms with Crippen LogP contribution in [0.4, 0.5) is 18.0 Å². The first-order valence-electron chi connectivity index (χ1n) is 3.91. The van der Waals surface area contributed by atoms with Crippen molar-refractivity contribution in [3.63, 3.8) is 0 Å². The van der Waals surface area contributed by atoms with Crippen molar-refractivity contribution in [2.45, 2.75) is 18.4 Å². The van der Waals surface area contributed by atoms with Gasteiger partial charge in [0.1, 0.15) is 0 Å². The standard InChI is InChI=1S/C6H9F3O6S/c1-13-5(10)14-3-2-16(11,12)15-4(3)6(7,8)9/h3-4,11-12H,2H2,1H3. The first kappa shape index (κ1) is 13.4. The minimum atomic E-state index is -4.86.